The summed E-state index contributed by atoms with van der Waals surface area (Å²) in [5, 5.41) is 0. The van der Waals surface area contributed by atoms with Gasteiger partial charge in [0.25, 0.3) is 5.91 Å². The van der Waals surface area contributed by atoms with E-state index in [-0.39, 0.29) is 17.9 Å². The van der Waals surface area contributed by atoms with E-state index in [2.05, 4.69) is 28.8 Å². The summed E-state index contributed by atoms with van der Waals surface area (Å²) in [6, 6.07) is 3.51. The highest BCUT2D eigenvalue weighted by molar-refractivity contribution is 5.94. The monoisotopic (exact) mass is 362 g/mol. The van der Waals surface area contributed by atoms with E-state index < -0.39 is 0 Å². The molecule has 0 bridgehead atoms. The Morgan fingerprint density at radius 3 is 2.85 bits per heavy atom. The molecular formula is C20H22N6O. The minimum atomic E-state index is -0.0730. The van der Waals surface area contributed by atoms with Crippen molar-refractivity contribution in [3.8, 4) is 5.82 Å². The van der Waals surface area contributed by atoms with Crippen molar-refractivity contribution in [3.05, 3.63) is 66.4 Å². The lowest BCUT2D eigenvalue weighted by molar-refractivity contribution is 0.0732. The molecule has 0 N–H and O–H groups in total. The molecule has 4 heterocycles. The number of carbonyl (C=O) groups is 1. The molecule has 7 heteroatoms. The summed E-state index contributed by atoms with van der Waals surface area (Å²) in [5.41, 5.74) is 1.41. The number of aromatic nitrogens is 5. The summed E-state index contributed by atoms with van der Waals surface area (Å²) in [4.78, 5) is 32.5. The van der Waals surface area contributed by atoms with Crippen LogP contribution in [-0.4, -0.2) is 41.9 Å². The predicted octanol–water partition coefficient (Wildman–Crippen LogP) is 3.16. The van der Waals surface area contributed by atoms with Gasteiger partial charge in [-0.05, 0) is 25.0 Å². The van der Waals surface area contributed by atoms with Crippen LogP contribution in [0.2, 0.25) is 0 Å². The van der Waals surface area contributed by atoms with Crippen molar-refractivity contribution >= 4 is 5.91 Å². The smallest absolute Gasteiger partial charge is 0.255 e. The molecule has 3 aromatic heterocycles. The SMILES string of the molecule is CC(C)c1nccn1-c1cncc(C2CCCN2C(=O)c2cccnc2)n1. The molecule has 0 saturated carbocycles. The molecular weight excluding hydrogens is 340 g/mol. The summed E-state index contributed by atoms with van der Waals surface area (Å²) >= 11 is 0. The van der Waals surface area contributed by atoms with Gasteiger partial charge in [-0.25, -0.2) is 9.97 Å². The van der Waals surface area contributed by atoms with Gasteiger partial charge >= 0.3 is 0 Å². The van der Waals surface area contributed by atoms with Gasteiger partial charge in [-0.3, -0.25) is 19.3 Å². The van der Waals surface area contributed by atoms with Crippen LogP contribution >= 0.6 is 0 Å². The Kier molecular flexibility index (Phi) is 4.66. The first-order valence-corrected chi connectivity index (χ1v) is 9.21. The van der Waals surface area contributed by atoms with E-state index in [9.17, 15) is 4.79 Å². The number of nitrogens with zero attached hydrogens (tertiary/aromatic N) is 6. The van der Waals surface area contributed by atoms with E-state index in [0.29, 0.717) is 12.1 Å². The van der Waals surface area contributed by atoms with Crippen LogP contribution in [0.1, 0.15) is 60.5 Å². The Balaban J connectivity index is 1.65. The number of imidazole rings is 1. The first-order chi connectivity index (χ1) is 13.1. The molecule has 1 amide bonds. The maximum Gasteiger partial charge on any atom is 0.255 e. The summed E-state index contributed by atoms with van der Waals surface area (Å²) in [6.07, 6.45) is 12.3. The topological polar surface area (TPSA) is 76.8 Å². The number of amides is 1. The molecule has 4 rings (SSSR count). The van der Waals surface area contributed by atoms with Crippen LogP contribution < -0.4 is 0 Å². The lowest BCUT2D eigenvalue weighted by atomic mass is 10.1. The normalized spacial score (nSPS) is 16.9. The van der Waals surface area contributed by atoms with Crippen LogP contribution in [0.4, 0.5) is 0 Å². The largest absolute Gasteiger partial charge is 0.330 e. The van der Waals surface area contributed by atoms with E-state index >= 15 is 0 Å². The molecule has 1 saturated heterocycles. The van der Waals surface area contributed by atoms with Gasteiger partial charge in [-0.2, -0.15) is 0 Å². The average molecular weight is 362 g/mol. The lowest BCUT2D eigenvalue weighted by Gasteiger charge is -2.24. The van der Waals surface area contributed by atoms with Crippen molar-refractivity contribution in [1.82, 2.24) is 29.4 Å². The fraction of sp³-hybridized carbons (Fsp3) is 0.350. The standard InChI is InChI=1S/C20H22N6O/c1-14(2)19-23-8-10-26(19)18-13-22-12-16(24-18)17-6-4-9-25(17)20(27)15-5-3-7-21-11-15/h3,5,7-8,10-14,17H,4,6,9H2,1-2H3. The van der Waals surface area contributed by atoms with E-state index in [1.807, 2.05) is 15.7 Å². The van der Waals surface area contributed by atoms with Crippen LogP contribution in [0.5, 0.6) is 0 Å². The molecule has 1 unspecified atom stereocenters. The third-order valence-corrected chi connectivity index (χ3v) is 4.84. The quantitative estimate of drug-likeness (QED) is 0.712. The zero-order valence-electron chi connectivity index (χ0n) is 15.5. The fourth-order valence-corrected chi connectivity index (χ4v) is 3.56. The fourth-order valence-electron chi connectivity index (χ4n) is 3.56. The Labute approximate surface area is 158 Å². The van der Waals surface area contributed by atoms with Crippen LogP contribution in [0.25, 0.3) is 5.82 Å². The Morgan fingerprint density at radius 2 is 2.07 bits per heavy atom. The Bertz CT molecular complexity index is 936. The molecule has 0 radical (unpaired) electrons. The highest BCUT2D eigenvalue weighted by atomic mass is 16.2. The summed E-state index contributed by atoms with van der Waals surface area (Å²) < 4.78 is 1.96. The van der Waals surface area contributed by atoms with Gasteiger partial charge in [-0.15, -0.1) is 0 Å². The number of likely N-dealkylation sites (tertiary alicyclic amines) is 1. The first-order valence-electron chi connectivity index (χ1n) is 9.21. The third kappa shape index (κ3) is 3.32. The van der Waals surface area contributed by atoms with Crippen molar-refractivity contribution in [1.29, 1.82) is 0 Å². The second-order valence-electron chi connectivity index (χ2n) is 7.01. The number of rotatable bonds is 4. The minimum Gasteiger partial charge on any atom is -0.330 e. The van der Waals surface area contributed by atoms with Crippen molar-refractivity contribution < 1.29 is 4.79 Å². The van der Waals surface area contributed by atoms with Crippen LogP contribution in [0.15, 0.2) is 49.3 Å². The first kappa shape index (κ1) is 17.3. The zero-order chi connectivity index (χ0) is 18.8. The maximum atomic E-state index is 12.9. The molecule has 0 aromatic carbocycles. The predicted molar refractivity (Wildman–Crippen MR) is 100 cm³/mol. The highest BCUT2D eigenvalue weighted by Crippen LogP contribution is 2.32. The van der Waals surface area contributed by atoms with E-state index in [0.717, 1.165) is 30.2 Å². The van der Waals surface area contributed by atoms with Gasteiger partial charge in [-0.1, -0.05) is 13.8 Å². The molecule has 0 aliphatic carbocycles. The van der Waals surface area contributed by atoms with Gasteiger partial charge in [0.15, 0.2) is 5.82 Å². The molecule has 1 aliphatic heterocycles. The van der Waals surface area contributed by atoms with Gasteiger partial charge in [0.05, 0.1) is 29.7 Å². The van der Waals surface area contributed by atoms with Gasteiger partial charge in [0.2, 0.25) is 0 Å². The number of hydrogen-bond donors (Lipinski definition) is 0. The average Bonchev–Trinajstić information content (AvgIpc) is 3.38. The van der Waals surface area contributed by atoms with Crippen LogP contribution in [-0.2, 0) is 0 Å². The molecule has 1 fully saturated rings. The van der Waals surface area contributed by atoms with Crippen LogP contribution in [0.3, 0.4) is 0 Å². The van der Waals surface area contributed by atoms with E-state index in [1.165, 1.54) is 0 Å². The van der Waals surface area contributed by atoms with Gasteiger partial charge in [0.1, 0.15) is 5.82 Å². The second kappa shape index (κ2) is 7.26. The van der Waals surface area contributed by atoms with E-state index in [1.54, 1.807) is 43.1 Å². The molecule has 3 aromatic rings. The van der Waals surface area contributed by atoms with E-state index in [4.69, 9.17) is 4.98 Å². The van der Waals surface area contributed by atoms with Gasteiger partial charge < -0.3 is 4.90 Å². The summed E-state index contributed by atoms with van der Waals surface area (Å²) in [6.45, 7) is 4.91. The summed E-state index contributed by atoms with van der Waals surface area (Å²) in [7, 11) is 0. The second-order valence-corrected chi connectivity index (χ2v) is 7.01. The molecule has 0 spiro atoms. The highest BCUT2D eigenvalue weighted by Gasteiger charge is 2.32. The Morgan fingerprint density at radius 1 is 1.19 bits per heavy atom. The van der Waals surface area contributed by atoms with Crippen molar-refractivity contribution in [2.24, 2.45) is 0 Å². The molecule has 138 valence electrons. The Hall–Kier alpha value is -3.09. The van der Waals surface area contributed by atoms with Crippen LogP contribution in [0, 0.1) is 0 Å². The number of hydrogen-bond acceptors (Lipinski definition) is 5. The maximum absolute atomic E-state index is 12.9. The third-order valence-electron chi connectivity index (χ3n) is 4.84. The summed E-state index contributed by atoms with van der Waals surface area (Å²) in [5.74, 6) is 1.94. The van der Waals surface area contributed by atoms with Gasteiger partial charge in [0, 0.05) is 37.3 Å². The van der Waals surface area contributed by atoms with Crippen molar-refractivity contribution in [3.63, 3.8) is 0 Å². The van der Waals surface area contributed by atoms with Crippen molar-refractivity contribution in [2.75, 3.05) is 6.54 Å². The van der Waals surface area contributed by atoms with Crippen molar-refractivity contribution in [2.45, 2.75) is 38.6 Å². The number of pyridine rings is 1. The molecule has 27 heavy (non-hydrogen) atoms. The number of carbonyl (C=O) groups excluding carboxylic acids is 1. The molecule has 1 atom stereocenters. The molecule has 1 aliphatic rings. The minimum absolute atomic E-state index is 0.0108. The zero-order valence-corrected chi connectivity index (χ0v) is 15.5. The molecule has 7 nitrogen and oxygen atoms in total. The lowest BCUT2D eigenvalue weighted by Crippen LogP contribution is -2.31.